The van der Waals surface area contributed by atoms with Gasteiger partial charge in [-0.2, -0.15) is 0 Å². The van der Waals surface area contributed by atoms with E-state index in [1.165, 1.54) is 18.2 Å². The molecule has 0 saturated heterocycles. The monoisotopic (exact) mass is 323 g/mol. The van der Waals surface area contributed by atoms with Crippen LogP contribution in [0.3, 0.4) is 0 Å². The SMILES string of the molecule is O=C(Nc1cc(F)ccc1Br)OCc1ccccc1. The van der Waals surface area contributed by atoms with Crippen molar-refractivity contribution in [2.75, 3.05) is 5.32 Å². The van der Waals surface area contributed by atoms with Gasteiger partial charge in [0.1, 0.15) is 12.4 Å². The molecule has 0 aliphatic rings. The zero-order chi connectivity index (χ0) is 13.7. The molecule has 0 radical (unpaired) electrons. The molecule has 1 N–H and O–H groups in total. The highest BCUT2D eigenvalue weighted by Gasteiger charge is 2.07. The van der Waals surface area contributed by atoms with Gasteiger partial charge in [-0.05, 0) is 39.7 Å². The predicted octanol–water partition coefficient (Wildman–Crippen LogP) is 4.34. The molecule has 2 rings (SSSR count). The first-order chi connectivity index (χ1) is 9.15. The van der Waals surface area contributed by atoms with Crippen LogP contribution < -0.4 is 5.32 Å². The third-order valence-corrected chi connectivity index (χ3v) is 3.07. The summed E-state index contributed by atoms with van der Waals surface area (Å²) in [6, 6.07) is 13.3. The summed E-state index contributed by atoms with van der Waals surface area (Å²) < 4.78 is 18.7. The van der Waals surface area contributed by atoms with Gasteiger partial charge < -0.3 is 4.74 Å². The minimum absolute atomic E-state index is 0.166. The molecule has 0 atom stereocenters. The Bertz CT molecular complexity index is 575. The normalized spacial score (nSPS) is 10.0. The standard InChI is InChI=1S/C14H11BrFNO2/c15-12-7-6-11(16)8-13(12)17-14(18)19-9-10-4-2-1-3-5-10/h1-8H,9H2,(H,17,18). The lowest BCUT2D eigenvalue weighted by Crippen LogP contribution is -2.14. The molecular formula is C14H11BrFNO2. The van der Waals surface area contributed by atoms with Crippen molar-refractivity contribution in [3.63, 3.8) is 0 Å². The summed E-state index contributed by atoms with van der Waals surface area (Å²) in [6.45, 7) is 0.166. The topological polar surface area (TPSA) is 38.3 Å². The molecule has 3 nitrogen and oxygen atoms in total. The Morgan fingerprint density at radius 3 is 2.68 bits per heavy atom. The predicted molar refractivity (Wildman–Crippen MR) is 74.3 cm³/mol. The van der Waals surface area contributed by atoms with Crippen molar-refractivity contribution in [3.05, 3.63) is 64.4 Å². The molecule has 2 aromatic carbocycles. The van der Waals surface area contributed by atoms with Gasteiger partial charge in [0.2, 0.25) is 0 Å². The lowest BCUT2D eigenvalue weighted by Gasteiger charge is -2.08. The van der Waals surface area contributed by atoms with Crippen molar-refractivity contribution in [2.24, 2.45) is 0 Å². The van der Waals surface area contributed by atoms with E-state index in [1.54, 1.807) is 0 Å². The van der Waals surface area contributed by atoms with Gasteiger partial charge in [0, 0.05) is 4.47 Å². The highest BCUT2D eigenvalue weighted by atomic mass is 79.9. The van der Waals surface area contributed by atoms with Crippen molar-refractivity contribution in [3.8, 4) is 0 Å². The van der Waals surface area contributed by atoms with Gasteiger partial charge in [-0.1, -0.05) is 30.3 Å². The molecule has 5 heteroatoms. The Morgan fingerprint density at radius 2 is 1.95 bits per heavy atom. The second kappa shape index (κ2) is 6.33. The largest absolute Gasteiger partial charge is 0.444 e. The molecule has 2 aromatic rings. The highest BCUT2D eigenvalue weighted by molar-refractivity contribution is 9.10. The summed E-state index contributed by atoms with van der Waals surface area (Å²) >= 11 is 3.22. The molecule has 0 bridgehead atoms. The zero-order valence-corrected chi connectivity index (χ0v) is 11.5. The Morgan fingerprint density at radius 1 is 1.21 bits per heavy atom. The van der Waals surface area contributed by atoms with Gasteiger partial charge >= 0.3 is 6.09 Å². The third-order valence-electron chi connectivity index (χ3n) is 2.38. The first-order valence-electron chi connectivity index (χ1n) is 5.58. The van der Waals surface area contributed by atoms with Gasteiger partial charge in [0.05, 0.1) is 5.69 Å². The summed E-state index contributed by atoms with van der Waals surface area (Å²) in [7, 11) is 0. The molecule has 0 fully saturated rings. The van der Waals surface area contributed by atoms with E-state index in [4.69, 9.17) is 4.74 Å². The van der Waals surface area contributed by atoms with E-state index in [1.807, 2.05) is 30.3 Å². The van der Waals surface area contributed by atoms with Gasteiger partial charge in [0.25, 0.3) is 0 Å². The average molecular weight is 324 g/mol. The number of benzene rings is 2. The van der Waals surface area contributed by atoms with Crippen molar-refractivity contribution in [1.29, 1.82) is 0 Å². The van der Waals surface area contributed by atoms with Gasteiger partial charge in [0.15, 0.2) is 0 Å². The van der Waals surface area contributed by atoms with Crippen LogP contribution in [-0.2, 0) is 11.3 Å². The number of ether oxygens (including phenoxy) is 1. The minimum atomic E-state index is -0.629. The maximum Gasteiger partial charge on any atom is 0.411 e. The Kier molecular flexibility index (Phi) is 4.52. The van der Waals surface area contributed by atoms with Crippen LogP contribution in [0.2, 0.25) is 0 Å². The van der Waals surface area contributed by atoms with E-state index in [9.17, 15) is 9.18 Å². The zero-order valence-electron chi connectivity index (χ0n) is 9.90. The lowest BCUT2D eigenvalue weighted by molar-refractivity contribution is 0.155. The number of carbonyl (C=O) groups excluding carboxylic acids is 1. The Labute approximate surface area is 118 Å². The van der Waals surface area contributed by atoms with E-state index in [0.29, 0.717) is 10.2 Å². The quantitative estimate of drug-likeness (QED) is 0.912. The van der Waals surface area contributed by atoms with Gasteiger partial charge in [-0.25, -0.2) is 9.18 Å². The number of anilines is 1. The van der Waals surface area contributed by atoms with E-state index >= 15 is 0 Å². The van der Waals surface area contributed by atoms with Crippen molar-refractivity contribution in [2.45, 2.75) is 6.61 Å². The van der Waals surface area contributed by atoms with Crippen LogP contribution in [0.15, 0.2) is 53.0 Å². The Balaban J connectivity index is 1.93. The summed E-state index contributed by atoms with van der Waals surface area (Å²) in [6.07, 6.45) is -0.629. The molecular weight excluding hydrogens is 313 g/mol. The summed E-state index contributed by atoms with van der Waals surface area (Å²) in [4.78, 5) is 11.6. The molecule has 0 heterocycles. The molecule has 0 spiro atoms. The number of nitrogens with one attached hydrogen (secondary N) is 1. The summed E-state index contributed by atoms with van der Waals surface area (Å²) in [5.74, 6) is -0.429. The van der Waals surface area contributed by atoms with Crippen molar-refractivity contribution < 1.29 is 13.9 Å². The average Bonchev–Trinajstić information content (AvgIpc) is 2.42. The first-order valence-corrected chi connectivity index (χ1v) is 6.37. The van der Waals surface area contributed by atoms with Crippen molar-refractivity contribution >= 4 is 27.7 Å². The maximum atomic E-state index is 13.0. The molecule has 98 valence electrons. The van der Waals surface area contributed by atoms with E-state index in [-0.39, 0.29) is 6.61 Å². The fraction of sp³-hybridized carbons (Fsp3) is 0.0714. The summed E-state index contributed by atoms with van der Waals surface area (Å²) in [5.41, 5.74) is 1.22. The Hall–Kier alpha value is -1.88. The fourth-order valence-electron chi connectivity index (χ4n) is 1.46. The number of halogens is 2. The van der Waals surface area contributed by atoms with E-state index in [2.05, 4.69) is 21.2 Å². The third kappa shape index (κ3) is 4.06. The molecule has 0 aliphatic carbocycles. The first kappa shape index (κ1) is 13.5. The van der Waals surface area contributed by atoms with Crippen LogP contribution in [0.25, 0.3) is 0 Å². The fourth-order valence-corrected chi connectivity index (χ4v) is 1.81. The van der Waals surface area contributed by atoms with Gasteiger partial charge in [-0.15, -0.1) is 0 Å². The number of amides is 1. The number of hydrogen-bond acceptors (Lipinski definition) is 2. The maximum absolute atomic E-state index is 13.0. The van der Waals surface area contributed by atoms with E-state index < -0.39 is 11.9 Å². The molecule has 0 saturated carbocycles. The summed E-state index contributed by atoms with van der Waals surface area (Å²) in [5, 5.41) is 2.47. The lowest BCUT2D eigenvalue weighted by atomic mass is 10.2. The van der Waals surface area contributed by atoms with Crippen LogP contribution in [0, 0.1) is 5.82 Å². The molecule has 19 heavy (non-hydrogen) atoms. The molecule has 0 aliphatic heterocycles. The molecule has 1 amide bonds. The highest BCUT2D eigenvalue weighted by Crippen LogP contribution is 2.23. The molecule has 0 aromatic heterocycles. The minimum Gasteiger partial charge on any atom is -0.444 e. The van der Waals surface area contributed by atoms with Crippen LogP contribution in [0.5, 0.6) is 0 Å². The van der Waals surface area contributed by atoms with Crippen LogP contribution in [0.4, 0.5) is 14.9 Å². The van der Waals surface area contributed by atoms with E-state index in [0.717, 1.165) is 5.56 Å². The number of rotatable bonds is 3. The number of hydrogen-bond donors (Lipinski definition) is 1. The van der Waals surface area contributed by atoms with Crippen LogP contribution in [-0.4, -0.2) is 6.09 Å². The second-order valence-electron chi connectivity index (χ2n) is 3.81. The smallest absolute Gasteiger partial charge is 0.411 e. The molecule has 0 unspecified atom stereocenters. The van der Waals surface area contributed by atoms with Crippen LogP contribution >= 0.6 is 15.9 Å². The van der Waals surface area contributed by atoms with Crippen molar-refractivity contribution in [1.82, 2.24) is 0 Å². The van der Waals surface area contributed by atoms with Gasteiger partial charge in [-0.3, -0.25) is 5.32 Å². The van der Waals surface area contributed by atoms with Crippen LogP contribution in [0.1, 0.15) is 5.56 Å². The second-order valence-corrected chi connectivity index (χ2v) is 4.67. The number of carbonyl (C=O) groups is 1.